The molecule has 1 saturated heterocycles. The molecule has 0 unspecified atom stereocenters. The fraction of sp³-hybridized carbons (Fsp3) is 0.875. The van der Waals surface area contributed by atoms with E-state index in [1.165, 1.54) is 0 Å². The molecular formula is C16H27NO4. The molecule has 5 nitrogen and oxygen atoms in total. The van der Waals surface area contributed by atoms with Gasteiger partial charge in [0, 0.05) is 24.9 Å². The first kappa shape index (κ1) is 16.1. The van der Waals surface area contributed by atoms with E-state index < -0.39 is 11.6 Å². The highest BCUT2D eigenvalue weighted by molar-refractivity contribution is 5.69. The fourth-order valence-electron chi connectivity index (χ4n) is 3.44. The van der Waals surface area contributed by atoms with Crippen molar-refractivity contribution >= 4 is 12.1 Å². The van der Waals surface area contributed by atoms with Gasteiger partial charge in [-0.1, -0.05) is 0 Å². The average Bonchev–Trinajstić information content (AvgIpc) is 2.32. The fourth-order valence-corrected chi connectivity index (χ4v) is 3.44. The number of aliphatic carboxylic acids is 1. The van der Waals surface area contributed by atoms with E-state index in [1.54, 1.807) is 4.90 Å². The summed E-state index contributed by atoms with van der Waals surface area (Å²) in [6, 6.07) is 0. The Bertz CT molecular complexity index is 397. The summed E-state index contributed by atoms with van der Waals surface area (Å²) in [6.07, 6.45) is 5.27. The molecule has 1 aliphatic heterocycles. The maximum absolute atomic E-state index is 11.9. The highest BCUT2D eigenvalue weighted by Gasteiger charge is 2.47. The van der Waals surface area contributed by atoms with Crippen molar-refractivity contribution in [2.75, 3.05) is 13.1 Å². The summed E-state index contributed by atoms with van der Waals surface area (Å²) in [5, 5.41) is 8.73. The molecule has 1 saturated carbocycles. The lowest BCUT2D eigenvalue weighted by Crippen LogP contribution is -2.60. The predicted molar refractivity (Wildman–Crippen MR) is 79.1 cm³/mol. The van der Waals surface area contributed by atoms with Crippen molar-refractivity contribution in [1.82, 2.24) is 4.90 Å². The Morgan fingerprint density at radius 1 is 1.24 bits per heavy atom. The van der Waals surface area contributed by atoms with E-state index in [4.69, 9.17) is 9.84 Å². The Hall–Kier alpha value is -1.26. The summed E-state index contributed by atoms with van der Waals surface area (Å²) in [7, 11) is 0. The molecule has 1 heterocycles. The second-order valence-corrected chi connectivity index (χ2v) is 7.71. The van der Waals surface area contributed by atoms with Gasteiger partial charge < -0.3 is 14.7 Å². The minimum atomic E-state index is -0.699. The van der Waals surface area contributed by atoms with Crippen LogP contribution in [0.4, 0.5) is 4.79 Å². The van der Waals surface area contributed by atoms with Crippen LogP contribution in [0.2, 0.25) is 0 Å². The van der Waals surface area contributed by atoms with Crippen LogP contribution in [0.1, 0.15) is 59.3 Å². The molecule has 1 spiro atoms. The van der Waals surface area contributed by atoms with Crippen molar-refractivity contribution in [1.29, 1.82) is 0 Å². The Balaban J connectivity index is 1.72. The highest BCUT2D eigenvalue weighted by atomic mass is 16.6. The number of likely N-dealkylation sites (tertiary alicyclic amines) is 1. The van der Waals surface area contributed by atoms with Crippen molar-refractivity contribution in [3.05, 3.63) is 0 Å². The summed E-state index contributed by atoms with van der Waals surface area (Å²) >= 11 is 0. The molecule has 21 heavy (non-hydrogen) atoms. The molecule has 0 aromatic rings. The Morgan fingerprint density at radius 2 is 1.81 bits per heavy atom. The van der Waals surface area contributed by atoms with Gasteiger partial charge in [-0.25, -0.2) is 4.79 Å². The molecule has 1 aliphatic carbocycles. The van der Waals surface area contributed by atoms with E-state index >= 15 is 0 Å². The first-order chi connectivity index (χ1) is 9.69. The number of carboxylic acid groups (broad SMARTS) is 1. The zero-order valence-electron chi connectivity index (χ0n) is 13.4. The third-order valence-electron chi connectivity index (χ3n) is 4.64. The lowest BCUT2D eigenvalue weighted by molar-refractivity contribution is -0.137. The molecule has 5 heteroatoms. The van der Waals surface area contributed by atoms with Crippen LogP contribution in [0.15, 0.2) is 0 Å². The van der Waals surface area contributed by atoms with Crippen LogP contribution < -0.4 is 0 Å². The summed E-state index contributed by atoms with van der Waals surface area (Å²) in [5.74, 6) is -0.155. The standard InChI is InChI=1S/C16H27NO4/c1-15(2,3)21-14(20)17-10-16(11-17)8-6-12(7-9-16)4-5-13(18)19/h12H,4-11H2,1-3H3,(H,18,19). The monoisotopic (exact) mass is 297 g/mol. The summed E-state index contributed by atoms with van der Waals surface area (Å²) in [4.78, 5) is 24.4. The zero-order chi connectivity index (χ0) is 15.7. The number of amides is 1. The minimum Gasteiger partial charge on any atom is -0.481 e. The SMILES string of the molecule is CC(C)(C)OC(=O)N1CC2(CCC(CCC(=O)O)CC2)C1. The van der Waals surface area contributed by atoms with E-state index in [0.29, 0.717) is 5.92 Å². The molecule has 0 radical (unpaired) electrons. The molecule has 1 amide bonds. The molecule has 0 bridgehead atoms. The number of rotatable bonds is 3. The van der Waals surface area contributed by atoms with Gasteiger partial charge in [0.2, 0.25) is 0 Å². The van der Waals surface area contributed by atoms with Gasteiger partial charge in [-0.15, -0.1) is 0 Å². The minimum absolute atomic E-state index is 0.207. The molecule has 2 fully saturated rings. The maximum Gasteiger partial charge on any atom is 0.410 e. The smallest absolute Gasteiger partial charge is 0.410 e. The molecule has 120 valence electrons. The van der Waals surface area contributed by atoms with Crippen molar-refractivity contribution in [2.45, 2.75) is 64.9 Å². The summed E-state index contributed by atoms with van der Waals surface area (Å²) < 4.78 is 5.38. The number of nitrogens with zero attached hydrogens (tertiary/aromatic N) is 1. The van der Waals surface area contributed by atoms with Gasteiger partial charge in [0.15, 0.2) is 0 Å². The molecule has 2 rings (SSSR count). The van der Waals surface area contributed by atoms with Gasteiger partial charge >= 0.3 is 12.1 Å². The van der Waals surface area contributed by atoms with Crippen molar-refractivity contribution in [3.8, 4) is 0 Å². The molecular weight excluding hydrogens is 270 g/mol. The van der Waals surface area contributed by atoms with E-state index in [2.05, 4.69) is 0 Å². The normalized spacial score (nSPS) is 22.0. The lowest BCUT2D eigenvalue weighted by atomic mass is 9.65. The summed E-state index contributed by atoms with van der Waals surface area (Å²) in [5.41, 5.74) is -0.162. The van der Waals surface area contributed by atoms with Gasteiger partial charge in [0.05, 0.1) is 0 Å². The van der Waals surface area contributed by atoms with Gasteiger partial charge in [-0.2, -0.15) is 0 Å². The number of hydrogen-bond donors (Lipinski definition) is 1. The van der Waals surface area contributed by atoms with E-state index in [1.807, 2.05) is 20.8 Å². The molecule has 0 atom stereocenters. The molecule has 2 aliphatic rings. The third-order valence-corrected chi connectivity index (χ3v) is 4.64. The van der Waals surface area contributed by atoms with Crippen LogP contribution in [-0.2, 0) is 9.53 Å². The van der Waals surface area contributed by atoms with Crippen LogP contribution >= 0.6 is 0 Å². The summed E-state index contributed by atoms with van der Waals surface area (Å²) in [6.45, 7) is 7.25. The maximum atomic E-state index is 11.9. The van der Waals surface area contributed by atoms with Gasteiger partial charge in [0.25, 0.3) is 0 Å². The van der Waals surface area contributed by atoms with Crippen molar-refractivity contribution in [2.24, 2.45) is 11.3 Å². The van der Waals surface area contributed by atoms with Gasteiger partial charge in [0.1, 0.15) is 5.60 Å². The first-order valence-electron chi connectivity index (χ1n) is 7.89. The van der Waals surface area contributed by atoms with E-state index in [-0.39, 0.29) is 17.9 Å². The van der Waals surface area contributed by atoms with Crippen molar-refractivity contribution in [3.63, 3.8) is 0 Å². The zero-order valence-corrected chi connectivity index (χ0v) is 13.4. The van der Waals surface area contributed by atoms with Gasteiger partial charge in [-0.3, -0.25) is 4.79 Å². The average molecular weight is 297 g/mol. The van der Waals surface area contributed by atoms with Crippen LogP contribution in [0, 0.1) is 11.3 Å². The van der Waals surface area contributed by atoms with Crippen molar-refractivity contribution < 1.29 is 19.4 Å². The third kappa shape index (κ3) is 4.35. The van der Waals surface area contributed by atoms with Crippen LogP contribution in [0.3, 0.4) is 0 Å². The first-order valence-corrected chi connectivity index (χ1v) is 7.89. The molecule has 0 aromatic carbocycles. The number of carbonyl (C=O) groups is 2. The Kier molecular flexibility index (Phi) is 4.49. The second kappa shape index (κ2) is 5.85. The van der Waals surface area contributed by atoms with Crippen LogP contribution in [-0.4, -0.2) is 40.8 Å². The van der Waals surface area contributed by atoms with E-state index in [9.17, 15) is 9.59 Å². The number of ether oxygens (including phenoxy) is 1. The number of hydrogen-bond acceptors (Lipinski definition) is 3. The second-order valence-electron chi connectivity index (χ2n) is 7.71. The molecule has 0 aromatic heterocycles. The van der Waals surface area contributed by atoms with Gasteiger partial charge in [-0.05, 0) is 58.8 Å². The number of carbonyl (C=O) groups excluding carboxylic acids is 1. The van der Waals surface area contributed by atoms with Crippen LogP contribution in [0.5, 0.6) is 0 Å². The topological polar surface area (TPSA) is 66.8 Å². The predicted octanol–water partition coefficient (Wildman–Crippen LogP) is 3.28. The quantitative estimate of drug-likeness (QED) is 0.868. The molecule has 1 N–H and O–H groups in total. The van der Waals surface area contributed by atoms with Crippen LogP contribution in [0.25, 0.3) is 0 Å². The lowest BCUT2D eigenvalue weighted by Gasteiger charge is -2.53. The Morgan fingerprint density at radius 3 is 2.29 bits per heavy atom. The Labute approximate surface area is 126 Å². The number of carboxylic acids is 1. The van der Waals surface area contributed by atoms with E-state index in [0.717, 1.165) is 45.2 Å². The highest BCUT2D eigenvalue weighted by Crippen LogP contribution is 2.46. The largest absolute Gasteiger partial charge is 0.481 e.